The molecule has 0 bridgehead atoms. The van der Waals surface area contributed by atoms with E-state index in [1.807, 2.05) is 0 Å². The fraction of sp³-hybridized carbons (Fsp3) is 1.00. The van der Waals surface area contributed by atoms with E-state index in [9.17, 15) is 14.4 Å². The molecule has 2 radical (unpaired) electrons. The second-order valence-electron chi connectivity index (χ2n) is 4.23. The summed E-state index contributed by atoms with van der Waals surface area (Å²) < 4.78 is 14.2. The van der Waals surface area contributed by atoms with Crippen LogP contribution >= 0.6 is 7.82 Å². The normalized spacial score (nSPS) is 11.6. The van der Waals surface area contributed by atoms with E-state index >= 15 is 0 Å². The maximum Gasteiger partial charge on any atom is 2.00 e. The Morgan fingerprint density at radius 3 is 2.06 bits per heavy atom. The largest absolute Gasteiger partial charge is 2.00 e. The minimum Gasteiger partial charge on any atom is -0.790 e. The summed E-state index contributed by atoms with van der Waals surface area (Å²) in [5.41, 5.74) is 0. The molecule has 94 valence electrons. The van der Waals surface area contributed by atoms with Crippen molar-refractivity contribution in [2.45, 2.75) is 52.4 Å². The van der Waals surface area contributed by atoms with Gasteiger partial charge in [-0.25, -0.2) is 0 Å². The molecule has 16 heavy (non-hydrogen) atoms. The number of hydrogen-bond donors (Lipinski definition) is 0. The number of hydrogen-bond acceptors (Lipinski definition) is 4. The van der Waals surface area contributed by atoms with Crippen LogP contribution in [0.15, 0.2) is 0 Å². The molecule has 0 fully saturated rings. The number of phosphoric ester groups is 1. The first-order valence-corrected chi connectivity index (χ1v) is 7.04. The molecule has 0 rings (SSSR count). The van der Waals surface area contributed by atoms with Crippen LogP contribution in [0.5, 0.6) is 0 Å². The Morgan fingerprint density at radius 2 is 1.56 bits per heavy atom. The van der Waals surface area contributed by atoms with Gasteiger partial charge in [-0.05, 0) is 12.3 Å². The first-order valence-electron chi connectivity index (χ1n) is 5.58. The average molecular weight is 443 g/mol. The zero-order chi connectivity index (χ0) is 11.7. The summed E-state index contributed by atoms with van der Waals surface area (Å²) in [6.07, 6.45) is 6.30. The number of unbranched alkanes of at least 4 members (excludes halogenated alkanes) is 4. The molecule has 4 nitrogen and oxygen atoms in total. The number of rotatable bonds is 9. The predicted molar refractivity (Wildman–Crippen MR) is 61.9 cm³/mol. The minimum absolute atomic E-state index is 0. The Hall–Kier alpha value is 1.03. The Labute approximate surface area is 119 Å². The van der Waals surface area contributed by atoms with Crippen molar-refractivity contribution in [3.05, 3.63) is 0 Å². The van der Waals surface area contributed by atoms with E-state index in [4.69, 9.17) is 0 Å². The van der Waals surface area contributed by atoms with Gasteiger partial charge >= 0.3 is 27.3 Å². The van der Waals surface area contributed by atoms with E-state index in [2.05, 4.69) is 18.4 Å². The molecule has 0 amide bonds. The fourth-order valence-electron chi connectivity index (χ4n) is 1.36. The molecule has 0 N–H and O–H groups in total. The number of phosphoric acid groups is 1. The molecule has 0 atom stereocenters. The molecule has 0 heterocycles. The quantitative estimate of drug-likeness (QED) is 0.307. The van der Waals surface area contributed by atoms with Crippen LogP contribution in [0.3, 0.4) is 0 Å². The van der Waals surface area contributed by atoms with E-state index in [0.717, 1.165) is 18.8 Å². The topological polar surface area (TPSA) is 72.4 Å². The van der Waals surface area contributed by atoms with Crippen LogP contribution < -0.4 is 9.79 Å². The van der Waals surface area contributed by atoms with E-state index < -0.39 is 7.82 Å². The molecule has 0 aromatic carbocycles. The Balaban J connectivity index is 0. The molecule has 0 aliphatic rings. The molecule has 0 spiro atoms. The smallest absolute Gasteiger partial charge is 0.790 e. The molecule has 0 aromatic heterocycles. The third-order valence-electron chi connectivity index (χ3n) is 2.18. The minimum atomic E-state index is -4.74. The molecule has 0 aliphatic heterocycles. The average Bonchev–Trinajstić information content (AvgIpc) is 2.07. The van der Waals surface area contributed by atoms with E-state index in [1.165, 1.54) is 19.3 Å². The van der Waals surface area contributed by atoms with Gasteiger partial charge in [0.05, 0.1) is 14.4 Å². The predicted octanol–water partition coefficient (Wildman–Crippen LogP) is 1.45. The molecule has 6 heteroatoms. The van der Waals surface area contributed by atoms with Gasteiger partial charge in [0.2, 0.25) is 0 Å². The molecule has 0 saturated carbocycles. The molecule has 0 saturated heterocycles. The summed E-state index contributed by atoms with van der Waals surface area (Å²) in [5.74, 6) is 0.750. The van der Waals surface area contributed by atoms with Crippen LogP contribution in [0, 0.1) is 5.92 Å². The SMILES string of the molecule is CC(C)CCCCCCCOP(=O)([O-])[O-].[Pb+2]. The van der Waals surface area contributed by atoms with Crippen LogP contribution in [0.1, 0.15) is 52.4 Å². The Kier molecular flexibility index (Phi) is 13.5. The van der Waals surface area contributed by atoms with Crippen LogP contribution in [-0.2, 0) is 9.09 Å². The van der Waals surface area contributed by atoms with Crippen LogP contribution in [0.2, 0.25) is 0 Å². The third-order valence-corrected chi connectivity index (χ3v) is 2.67. The Bertz CT molecular complexity index is 193. The van der Waals surface area contributed by atoms with E-state index in [0.29, 0.717) is 6.42 Å². The monoisotopic (exact) mass is 444 g/mol. The third kappa shape index (κ3) is 17.4. The maximum absolute atomic E-state index is 10.1. The summed E-state index contributed by atoms with van der Waals surface area (Å²) in [4.78, 5) is 20.2. The summed E-state index contributed by atoms with van der Waals surface area (Å²) in [5, 5.41) is 0. The Morgan fingerprint density at radius 1 is 1.06 bits per heavy atom. The second kappa shape index (κ2) is 11.1. The van der Waals surface area contributed by atoms with Crippen molar-refractivity contribution in [2.24, 2.45) is 5.92 Å². The van der Waals surface area contributed by atoms with Crippen molar-refractivity contribution >= 4 is 35.1 Å². The van der Waals surface area contributed by atoms with Gasteiger partial charge in [-0.3, -0.25) is 0 Å². The van der Waals surface area contributed by atoms with Gasteiger partial charge in [0.1, 0.15) is 0 Å². The van der Waals surface area contributed by atoms with E-state index in [-0.39, 0.29) is 33.9 Å². The molecular weight excluding hydrogens is 422 g/mol. The molecule has 0 aliphatic carbocycles. The van der Waals surface area contributed by atoms with Crippen molar-refractivity contribution in [1.82, 2.24) is 0 Å². The van der Waals surface area contributed by atoms with Gasteiger partial charge in [-0.2, -0.15) is 0 Å². The second-order valence-corrected chi connectivity index (χ2v) is 5.38. The summed E-state index contributed by atoms with van der Waals surface area (Å²) in [7, 11) is -4.74. The zero-order valence-corrected chi connectivity index (χ0v) is 14.9. The van der Waals surface area contributed by atoms with Gasteiger partial charge in [-0.1, -0.05) is 46.0 Å². The van der Waals surface area contributed by atoms with Crippen molar-refractivity contribution in [3.8, 4) is 0 Å². The van der Waals surface area contributed by atoms with Crippen molar-refractivity contribution < 1.29 is 18.9 Å². The summed E-state index contributed by atoms with van der Waals surface area (Å²) in [6.45, 7) is 4.44. The van der Waals surface area contributed by atoms with Gasteiger partial charge in [0.25, 0.3) is 0 Å². The van der Waals surface area contributed by atoms with Crippen molar-refractivity contribution in [1.29, 1.82) is 0 Å². The van der Waals surface area contributed by atoms with Crippen LogP contribution in [0.25, 0.3) is 0 Å². The first-order chi connectivity index (χ1) is 6.92. The van der Waals surface area contributed by atoms with Crippen molar-refractivity contribution in [3.63, 3.8) is 0 Å². The van der Waals surface area contributed by atoms with Gasteiger partial charge in [0, 0.05) is 0 Å². The van der Waals surface area contributed by atoms with Crippen LogP contribution in [-0.4, -0.2) is 33.9 Å². The maximum atomic E-state index is 10.1. The molecule has 0 aromatic rings. The summed E-state index contributed by atoms with van der Waals surface area (Å²) >= 11 is 0. The van der Waals surface area contributed by atoms with Gasteiger partial charge in [0.15, 0.2) is 0 Å². The van der Waals surface area contributed by atoms with Gasteiger partial charge < -0.3 is 18.9 Å². The zero-order valence-electron chi connectivity index (χ0n) is 10.1. The van der Waals surface area contributed by atoms with E-state index in [1.54, 1.807) is 0 Å². The first kappa shape index (κ1) is 19.4. The standard InChI is InChI=1S/C10H23O4P.Pb/c1-10(2)8-6-4-3-5-7-9-14-15(11,12)13;/h10H,3-9H2,1-2H3,(H2,11,12,13);/q;+2/p-2. The fourth-order valence-corrected chi connectivity index (χ4v) is 1.71. The molecular formula is C10H21O4PPb. The van der Waals surface area contributed by atoms with Crippen molar-refractivity contribution in [2.75, 3.05) is 6.61 Å². The van der Waals surface area contributed by atoms with Crippen LogP contribution in [0.4, 0.5) is 0 Å². The summed E-state index contributed by atoms with van der Waals surface area (Å²) in [6, 6.07) is 0. The van der Waals surface area contributed by atoms with Gasteiger partial charge in [-0.15, -0.1) is 0 Å². The molecule has 0 unspecified atom stereocenters.